The van der Waals surface area contributed by atoms with Gasteiger partial charge in [-0.1, -0.05) is 12.2 Å². The number of nitro groups is 1. The van der Waals surface area contributed by atoms with Crippen LogP contribution in [-0.4, -0.2) is 16.5 Å². The van der Waals surface area contributed by atoms with Crippen molar-refractivity contribution < 1.29 is 4.92 Å². The number of aromatic nitrogens is 1. The molecule has 0 radical (unpaired) electrons. The van der Waals surface area contributed by atoms with Crippen molar-refractivity contribution in [1.82, 2.24) is 4.98 Å². The normalized spacial score (nSPS) is 10.5. The van der Waals surface area contributed by atoms with Gasteiger partial charge in [0.15, 0.2) is 0 Å². The van der Waals surface area contributed by atoms with Gasteiger partial charge < -0.3 is 5.32 Å². The summed E-state index contributed by atoms with van der Waals surface area (Å²) in [5.41, 5.74) is 0.0120. The molecule has 0 aliphatic rings. The summed E-state index contributed by atoms with van der Waals surface area (Å²) in [6, 6.07) is 2.99. The molecule has 0 aliphatic carbocycles. The lowest BCUT2D eigenvalue weighted by molar-refractivity contribution is -0.384. The topological polar surface area (TPSA) is 68.1 Å². The van der Waals surface area contributed by atoms with E-state index in [9.17, 15) is 10.1 Å². The van der Waals surface area contributed by atoms with Gasteiger partial charge in [-0.2, -0.15) is 0 Å². The summed E-state index contributed by atoms with van der Waals surface area (Å²) in [6.45, 7) is 2.57. The fourth-order valence-electron chi connectivity index (χ4n) is 1.12. The Morgan fingerprint density at radius 2 is 2.47 bits per heavy atom. The highest BCUT2D eigenvalue weighted by Gasteiger charge is 2.12. The largest absolute Gasteiger partial charge is 0.364 e. The van der Waals surface area contributed by atoms with Crippen LogP contribution in [0.1, 0.15) is 13.3 Å². The van der Waals surface area contributed by atoms with Gasteiger partial charge in [0.2, 0.25) is 5.82 Å². The zero-order valence-electron chi connectivity index (χ0n) is 8.51. The molecule has 0 saturated carbocycles. The zero-order chi connectivity index (χ0) is 11.1. The maximum absolute atomic E-state index is 10.6. The number of nitrogens with one attached hydrogen (secondary N) is 1. The molecule has 5 nitrogen and oxygen atoms in total. The fraction of sp³-hybridized carbons (Fsp3) is 0.300. The Balaban J connectivity index is 2.63. The van der Waals surface area contributed by atoms with Crippen LogP contribution >= 0.6 is 0 Å². The van der Waals surface area contributed by atoms with Gasteiger partial charge in [-0.05, 0) is 19.4 Å². The molecule has 1 N–H and O–H groups in total. The first-order chi connectivity index (χ1) is 7.25. The van der Waals surface area contributed by atoms with Gasteiger partial charge in [-0.3, -0.25) is 10.1 Å². The molecule has 0 spiro atoms. The number of hydrogen-bond donors (Lipinski definition) is 1. The summed E-state index contributed by atoms with van der Waals surface area (Å²) in [7, 11) is 0. The second-order valence-corrected chi connectivity index (χ2v) is 2.91. The van der Waals surface area contributed by atoms with Crippen molar-refractivity contribution in [2.75, 3.05) is 11.9 Å². The molecule has 0 amide bonds. The maximum Gasteiger partial charge on any atom is 0.311 e. The number of rotatable bonds is 5. The Morgan fingerprint density at radius 1 is 1.67 bits per heavy atom. The van der Waals surface area contributed by atoms with E-state index in [0.717, 1.165) is 6.42 Å². The molecule has 0 atom stereocenters. The monoisotopic (exact) mass is 207 g/mol. The highest BCUT2D eigenvalue weighted by atomic mass is 16.6. The predicted molar refractivity (Wildman–Crippen MR) is 58.8 cm³/mol. The van der Waals surface area contributed by atoms with E-state index in [1.807, 2.05) is 19.1 Å². The second kappa shape index (κ2) is 5.74. The van der Waals surface area contributed by atoms with Gasteiger partial charge in [0.05, 0.1) is 4.92 Å². The highest BCUT2D eigenvalue weighted by Crippen LogP contribution is 2.19. The molecule has 0 bridgehead atoms. The van der Waals surface area contributed by atoms with Gasteiger partial charge in [-0.25, -0.2) is 4.98 Å². The molecule has 5 heteroatoms. The smallest absolute Gasteiger partial charge is 0.311 e. The first-order valence-electron chi connectivity index (χ1n) is 4.70. The van der Waals surface area contributed by atoms with Gasteiger partial charge in [-0.15, -0.1) is 0 Å². The summed E-state index contributed by atoms with van der Waals surface area (Å²) in [5.74, 6) is 0.326. The van der Waals surface area contributed by atoms with Gasteiger partial charge >= 0.3 is 5.69 Å². The minimum absolute atomic E-state index is 0.0120. The average Bonchev–Trinajstić information content (AvgIpc) is 2.25. The van der Waals surface area contributed by atoms with Crippen LogP contribution < -0.4 is 5.32 Å². The van der Waals surface area contributed by atoms with E-state index in [1.165, 1.54) is 12.3 Å². The summed E-state index contributed by atoms with van der Waals surface area (Å²) in [4.78, 5) is 14.1. The molecule has 1 aromatic rings. The first-order valence-corrected chi connectivity index (χ1v) is 4.70. The minimum Gasteiger partial charge on any atom is -0.364 e. The van der Waals surface area contributed by atoms with E-state index >= 15 is 0 Å². The predicted octanol–water partition coefficient (Wildman–Crippen LogP) is 2.37. The lowest BCUT2D eigenvalue weighted by Crippen LogP contribution is -2.05. The molecule has 15 heavy (non-hydrogen) atoms. The van der Waals surface area contributed by atoms with Crippen LogP contribution in [0.3, 0.4) is 0 Å². The van der Waals surface area contributed by atoms with Crippen LogP contribution in [0.2, 0.25) is 0 Å². The van der Waals surface area contributed by atoms with E-state index in [2.05, 4.69) is 10.3 Å². The van der Waals surface area contributed by atoms with Gasteiger partial charge in [0.25, 0.3) is 0 Å². The summed E-state index contributed by atoms with van der Waals surface area (Å²) in [5, 5.41) is 13.5. The Hall–Kier alpha value is -1.91. The fourth-order valence-corrected chi connectivity index (χ4v) is 1.12. The Morgan fingerprint density at radius 3 is 3.13 bits per heavy atom. The van der Waals surface area contributed by atoms with Crippen molar-refractivity contribution in [2.45, 2.75) is 13.3 Å². The summed E-state index contributed by atoms with van der Waals surface area (Å²) in [6.07, 6.45) is 6.28. The Kier molecular flexibility index (Phi) is 4.28. The molecule has 0 unspecified atom stereocenters. The molecule has 0 saturated heterocycles. The number of nitrogens with zero attached hydrogens (tertiary/aromatic N) is 2. The first kappa shape index (κ1) is 11.2. The van der Waals surface area contributed by atoms with Crippen molar-refractivity contribution in [1.29, 1.82) is 0 Å². The van der Waals surface area contributed by atoms with Crippen LogP contribution in [0, 0.1) is 10.1 Å². The second-order valence-electron chi connectivity index (χ2n) is 2.91. The SMILES string of the molecule is C/C=C/CCNc1ncccc1[N+](=O)[O-]. The van der Waals surface area contributed by atoms with Crippen molar-refractivity contribution in [3.8, 4) is 0 Å². The molecule has 0 aromatic carbocycles. The van der Waals surface area contributed by atoms with Crippen LogP contribution in [0.25, 0.3) is 0 Å². The van der Waals surface area contributed by atoms with E-state index in [0.29, 0.717) is 12.4 Å². The summed E-state index contributed by atoms with van der Waals surface area (Å²) < 4.78 is 0. The molecular formula is C10H13N3O2. The van der Waals surface area contributed by atoms with Crippen molar-refractivity contribution in [3.05, 3.63) is 40.6 Å². The molecule has 1 rings (SSSR count). The number of hydrogen-bond acceptors (Lipinski definition) is 4. The number of allylic oxidation sites excluding steroid dienone is 1. The van der Waals surface area contributed by atoms with Crippen LogP contribution in [0.5, 0.6) is 0 Å². The third-order valence-corrected chi connectivity index (χ3v) is 1.82. The van der Waals surface area contributed by atoms with Crippen LogP contribution in [-0.2, 0) is 0 Å². The van der Waals surface area contributed by atoms with Crippen LogP contribution in [0.15, 0.2) is 30.5 Å². The molecule has 0 fully saturated rings. The molecule has 1 heterocycles. The number of pyridine rings is 1. The third-order valence-electron chi connectivity index (χ3n) is 1.82. The van der Waals surface area contributed by atoms with Crippen molar-refractivity contribution in [2.24, 2.45) is 0 Å². The van der Waals surface area contributed by atoms with E-state index in [4.69, 9.17) is 0 Å². The average molecular weight is 207 g/mol. The molecule has 80 valence electrons. The quantitative estimate of drug-likeness (QED) is 0.348. The Labute approximate surface area is 88.0 Å². The molecular weight excluding hydrogens is 194 g/mol. The van der Waals surface area contributed by atoms with E-state index in [-0.39, 0.29) is 5.69 Å². The van der Waals surface area contributed by atoms with E-state index < -0.39 is 4.92 Å². The van der Waals surface area contributed by atoms with Gasteiger partial charge in [0, 0.05) is 18.8 Å². The molecule has 0 aliphatic heterocycles. The zero-order valence-corrected chi connectivity index (χ0v) is 8.51. The van der Waals surface area contributed by atoms with E-state index in [1.54, 1.807) is 6.07 Å². The van der Waals surface area contributed by atoms with Crippen LogP contribution in [0.4, 0.5) is 11.5 Å². The third kappa shape index (κ3) is 3.38. The highest BCUT2D eigenvalue weighted by molar-refractivity contribution is 5.54. The van der Waals surface area contributed by atoms with Crippen molar-refractivity contribution >= 4 is 11.5 Å². The molecule has 1 aromatic heterocycles. The van der Waals surface area contributed by atoms with Gasteiger partial charge in [0.1, 0.15) is 0 Å². The Bertz CT molecular complexity index is 363. The maximum atomic E-state index is 10.6. The van der Waals surface area contributed by atoms with Crippen molar-refractivity contribution in [3.63, 3.8) is 0 Å². The number of anilines is 1. The lowest BCUT2D eigenvalue weighted by atomic mass is 10.3. The lowest BCUT2D eigenvalue weighted by Gasteiger charge is -2.03. The summed E-state index contributed by atoms with van der Waals surface area (Å²) >= 11 is 0. The minimum atomic E-state index is -0.439. The standard InChI is InChI=1S/C10H13N3O2/c1-2-3-4-7-11-10-9(13(14)15)6-5-8-12-10/h2-3,5-6,8H,4,7H2,1H3,(H,11,12)/b3-2+.